The second-order valence-electron chi connectivity index (χ2n) is 2.39. The van der Waals surface area contributed by atoms with Crippen LogP contribution in [0.15, 0.2) is 4.79 Å². The molecule has 0 saturated heterocycles. The van der Waals surface area contributed by atoms with Crippen molar-refractivity contribution in [3.05, 3.63) is 16.3 Å². The first-order valence-electron chi connectivity index (χ1n) is 3.43. The zero-order valence-electron chi connectivity index (χ0n) is 6.57. The van der Waals surface area contributed by atoms with Gasteiger partial charge in [0, 0.05) is 13.5 Å². The van der Waals surface area contributed by atoms with Gasteiger partial charge in [0.2, 0.25) is 0 Å². The molecule has 0 atom stereocenters. The number of hydrogen-bond acceptors (Lipinski definition) is 3. The van der Waals surface area contributed by atoms with E-state index < -0.39 is 5.97 Å². The number of carboxylic acid groups (broad SMARTS) is 1. The third kappa shape index (κ3) is 1.94. The van der Waals surface area contributed by atoms with Crippen LogP contribution < -0.4 is 5.69 Å². The van der Waals surface area contributed by atoms with Gasteiger partial charge in [-0.1, -0.05) is 0 Å². The van der Waals surface area contributed by atoms with Gasteiger partial charge in [-0.15, -0.1) is 0 Å². The monoisotopic (exact) mass is 171 g/mol. The third-order valence-electron chi connectivity index (χ3n) is 1.39. The highest BCUT2D eigenvalue weighted by molar-refractivity contribution is 5.66. The molecule has 0 aromatic carbocycles. The van der Waals surface area contributed by atoms with E-state index in [0.29, 0.717) is 5.82 Å². The summed E-state index contributed by atoms with van der Waals surface area (Å²) in [5.74, 6) is -0.494. The Kier molecular flexibility index (Phi) is 2.27. The molecule has 66 valence electrons. The molecular formula is C6H9N3O3. The summed E-state index contributed by atoms with van der Waals surface area (Å²) in [5.41, 5.74) is -0.324. The standard InChI is InChI=1S/C6H9N3O3/c1-9-6(12)7-4(8-9)2-3-5(10)11/h2-3H2,1H3,(H,10,11)(H,7,8,12). The number of nitrogens with one attached hydrogen (secondary N) is 1. The fourth-order valence-electron chi connectivity index (χ4n) is 0.794. The van der Waals surface area contributed by atoms with Crippen molar-refractivity contribution in [1.29, 1.82) is 0 Å². The van der Waals surface area contributed by atoms with Crippen molar-refractivity contribution in [2.45, 2.75) is 12.8 Å². The Bertz CT molecular complexity index is 338. The van der Waals surface area contributed by atoms with Crippen LogP contribution in [0, 0.1) is 0 Å². The molecule has 1 heterocycles. The highest BCUT2D eigenvalue weighted by Gasteiger charge is 2.03. The number of hydrogen-bond donors (Lipinski definition) is 2. The Morgan fingerprint density at radius 3 is 2.83 bits per heavy atom. The average molecular weight is 171 g/mol. The SMILES string of the molecule is Cn1nc(CCC(=O)O)[nH]c1=O. The maximum atomic E-state index is 10.8. The molecule has 0 unspecified atom stereocenters. The van der Waals surface area contributed by atoms with Gasteiger partial charge in [0.1, 0.15) is 5.82 Å². The first-order valence-corrected chi connectivity index (χ1v) is 3.43. The van der Waals surface area contributed by atoms with Crippen LogP contribution >= 0.6 is 0 Å². The van der Waals surface area contributed by atoms with E-state index >= 15 is 0 Å². The summed E-state index contributed by atoms with van der Waals surface area (Å²) in [6.07, 6.45) is 0.234. The van der Waals surface area contributed by atoms with Crippen LogP contribution in [0.25, 0.3) is 0 Å². The van der Waals surface area contributed by atoms with Crippen LogP contribution in [-0.2, 0) is 18.3 Å². The molecule has 0 saturated carbocycles. The smallest absolute Gasteiger partial charge is 0.342 e. The molecule has 1 aromatic rings. The van der Waals surface area contributed by atoms with Gasteiger partial charge < -0.3 is 5.11 Å². The molecule has 6 heteroatoms. The van der Waals surface area contributed by atoms with E-state index in [9.17, 15) is 9.59 Å². The zero-order chi connectivity index (χ0) is 9.14. The fourth-order valence-corrected chi connectivity index (χ4v) is 0.794. The fraction of sp³-hybridized carbons (Fsp3) is 0.500. The minimum atomic E-state index is -0.901. The van der Waals surface area contributed by atoms with E-state index in [2.05, 4.69) is 10.1 Å². The van der Waals surface area contributed by atoms with Crippen molar-refractivity contribution in [1.82, 2.24) is 14.8 Å². The third-order valence-corrected chi connectivity index (χ3v) is 1.39. The number of rotatable bonds is 3. The number of aromatic amines is 1. The molecule has 0 aliphatic heterocycles. The number of aryl methyl sites for hydroxylation is 2. The summed E-state index contributed by atoms with van der Waals surface area (Å²) in [7, 11) is 1.50. The van der Waals surface area contributed by atoms with Gasteiger partial charge in [-0.05, 0) is 0 Å². The molecule has 1 rings (SSSR count). The minimum absolute atomic E-state index is 0.0209. The highest BCUT2D eigenvalue weighted by atomic mass is 16.4. The first-order chi connectivity index (χ1) is 5.59. The average Bonchev–Trinajstić information content (AvgIpc) is 2.28. The van der Waals surface area contributed by atoms with Crippen LogP contribution in [0.5, 0.6) is 0 Å². The van der Waals surface area contributed by atoms with Crippen molar-refractivity contribution < 1.29 is 9.90 Å². The highest BCUT2D eigenvalue weighted by Crippen LogP contribution is 1.91. The number of carbonyl (C=O) groups is 1. The Morgan fingerprint density at radius 1 is 1.75 bits per heavy atom. The lowest BCUT2D eigenvalue weighted by molar-refractivity contribution is -0.137. The molecule has 2 N–H and O–H groups in total. The Morgan fingerprint density at radius 2 is 2.42 bits per heavy atom. The molecule has 0 bridgehead atoms. The number of H-pyrrole nitrogens is 1. The van der Waals surface area contributed by atoms with Gasteiger partial charge in [-0.3, -0.25) is 9.78 Å². The normalized spacial score (nSPS) is 10.1. The van der Waals surface area contributed by atoms with E-state index in [1.165, 1.54) is 7.05 Å². The van der Waals surface area contributed by atoms with Crippen LogP contribution in [0.2, 0.25) is 0 Å². The second kappa shape index (κ2) is 3.21. The predicted molar refractivity (Wildman–Crippen MR) is 39.8 cm³/mol. The van der Waals surface area contributed by atoms with Crippen LogP contribution in [-0.4, -0.2) is 25.8 Å². The van der Waals surface area contributed by atoms with Gasteiger partial charge in [-0.2, -0.15) is 5.10 Å². The number of aliphatic carboxylic acids is 1. The second-order valence-corrected chi connectivity index (χ2v) is 2.39. The minimum Gasteiger partial charge on any atom is -0.481 e. The maximum Gasteiger partial charge on any atom is 0.342 e. The van der Waals surface area contributed by atoms with Gasteiger partial charge in [-0.25, -0.2) is 9.48 Å². The molecule has 1 aromatic heterocycles. The summed E-state index contributed by atoms with van der Waals surface area (Å²) in [6.45, 7) is 0. The van der Waals surface area contributed by atoms with Crippen LogP contribution in [0.4, 0.5) is 0 Å². The van der Waals surface area contributed by atoms with Crippen molar-refractivity contribution in [2.75, 3.05) is 0 Å². The molecule has 0 aliphatic carbocycles. The predicted octanol–water partition coefficient (Wildman–Crippen LogP) is -0.874. The van der Waals surface area contributed by atoms with E-state index in [-0.39, 0.29) is 18.5 Å². The van der Waals surface area contributed by atoms with E-state index in [1.54, 1.807) is 0 Å². The topological polar surface area (TPSA) is 88.0 Å². The van der Waals surface area contributed by atoms with Crippen molar-refractivity contribution in [2.24, 2.45) is 7.05 Å². The van der Waals surface area contributed by atoms with Crippen LogP contribution in [0.1, 0.15) is 12.2 Å². The van der Waals surface area contributed by atoms with Gasteiger partial charge in [0.25, 0.3) is 0 Å². The maximum absolute atomic E-state index is 10.8. The molecule has 0 amide bonds. The number of nitrogens with zero attached hydrogens (tertiary/aromatic N) is 2. The lowest BCUT2D eigenvalue weighted by Gasteiger charge is -1.88. The largest absolute Gasteiger partial charge is 0.481 e. The Labute approximate surface area is 67.8 Å². The molecule has 0 fully saturated rings. The number of aromatic nitrogens is 3. The summed E-state index contributed by atoms with van der Waals surface area (Å²) in [5, 5.41) is 12.1. The molecule has 0 spiro atoms. The number of carboxylic acids is 1. The molecular weight excluding hydrogens is 162 g/mol. The van der Waals surface area contributed by atoms with Crippen molar-refractivity contribution >= 4 is 5.97 Å². The van der Waals surface area contributed by atoms with Gasteiger partial charge in [0.05, 0.1) is 6.42 Å². The van der Waals surface area contributed by atoms with E-state index in [0.717, 1.165) is 4.68 Å². The molecule has 6 nitrogen and oxygen atoms in total. The summed E-state index contributed by atoms with van der Waals surface area (Å²) in [4.78, 5) is 23.4. The van der Waals surface area contributed by atoms with Crippen LogP contribution in [0.3, 0.4) is 0 Å². The molecule has 0 aliphatic rings. The first kappa shape index (κ1) is 8.51. The van der Waals surface area contributed by atoms with E-state index in [1.807, 2.05) is 0 Å². The quantitative estimate of drug-likeness (QED) is 0.618. The summed E-state index contributed by atoms with van der Waals surface area (Å²) >= 11 is 0. The summed E-state index contributed by atoms with van der Waals surface area (Å²) in [6, 6.07) is 0. The molecule has 0 radical (unpaired) electrons. The molecule has 12 heavy (non-hydrogen) atoms. The van der Waals surface area contributed by atoms with E-state index in [4.69, 9.17) is 5.11 Å². The van der Waals surface area contributed by atoms with Gasteiger partial charge in [0.15, 0.2) is 0 Å². The van der Waals surface area contributed by atoms with Crippen molar-refractivity contribution in [3.63, 3.8) is 0 Å². The zero-order valence-corrected chi connectivity index (χ0v) is 6.57. The summed E-state index contributed by atoms with van der Waals surface area (Å²) < 4.78 is 1.14. The lowest BCUT2D eigenvalue weighted by Crippen LogP contribution is -2.13. The van der Waals surface area contributed by atoms with Crippen molar-refractivity contribution in [3.8, 4) is 0 Å². The Hall–Kier alpha value is -1.59. The Balaban J connectivity index is 2.65. The van der Waals surface area contributed by atoms with Gasteiger partial charge >= 0.3 is 11.7 Å². The lowest BCUT2D eigenvalue weighted by atomic mass is 10.3.